The van der Waals surface area contributed by atoms with Crippen molar-refractivity contribution in [2.24, 2.45) is 5.73 Å². The first kappa shape index (κ1) is 13.4. The second-order valence-corrected chi connectivity index (χ2v) is 5.57. The van der Waals surface area contributed by atoms with Crippen LogP contribution in [0.25, 0.3) is 0 Å². The van der Waals surface area contributed by atoms with Crippen LogP contribution in [0.4, 0.5) is 0 Å². The minimum atomic E-state index is -0.0263. The molecular weight excluding hydrogens is 222 g/mol. The topological polar surface area (TPSA) is 35.2 Å². The van der Waals surface area contributed by atoms with Crippen molar-refractivity contribution in [1.29, 1.82) is 0 Å². The van der Waals surface area contributed by atoms with Crippen LogP contribution in [0.15, 0.2) is 24.3 Å². The van der Waals surface area contributed by atoms with Crippen LogP contribution in [0.1, 0.15) is 57.4 Å². The van der Waals surface area contributed by atoms with Crippen LogP contribution in [0, 0.1) is 0 Å². The number of para-hydroxylation sites is 1. The summed E-state index contributed by atoms with van der Waals surface area (Å²) in [5, 5.41) is 0. The first-order chi connectivity index (χ1) is 8.68. The lowest BCUT2D eigenvalue weighted by Gasteiger charge is -2.30. The number of unbranched alkanes of at least 4 members (excludes halogenated alkanes) is 1. The summed E-state index contributed by atoms with van der Waals surface area (Å²) in [5.41, 5.74) is 7.88. The zero-order chi connectivity index (χ0) is 13.0. The molecule has 0 saturated heterocycles. The van der Waals surface area contributed by atoms with Gasteiger partial charge in [0.1, 0.15) is 5.75 Å². The Morgan fingerprint density at radius 3 is 2.83 bits per heavy atom. The molecule has 1 aromatic carbocycles. The summed E-state index contributed by atoms with van der Waals surface area (Å²) in [5.74, 6) is 1.53. The number of hydrogen-bond acceptors (Lipinski definition) is 2. The molecule has 1 aliphatic rings. The van der Waals surface area contributed by atoms with Crippen LogP contribution < -0.4 is 10.5 Å². The van der Waals surface area contributed by atoms with Crippen LogP contribution in [-0.4, -0.2) is 12.1 Å². The van der Waals surface area contributed by atoms with Gasteiger partial charge in [-0.05, 0) is 25.3 Å². The summed E-state index contributed by atoms with van der Waals surface area (Å²) < 4.78 is 5.75. The number of nitrogens with two attached hydrogens (primary N) is 1. The van der Waals surface area contributed by atoms with E-state index in [0.717, 1.165) is 31.6 Å². The molecule has 0 aliphatic carbocycles. The van der Waals surface area contributed by atoms with E-state index in [2.05, 4.69) is 32.0 Å². The minimum absolute atomic E-state index is 0.0263. The molecule has 0 aromatic heterocycles. The predicted octanol–water partition coefficient (Wildman–Crippen LogP) is 3.85. The third-order valence-corrected chi connectivity index (χ3v) is 4.18. The molecule has 0 spiro atoms. The zero-order valence-corrected chi connectivity index (χ0v) is 11.6. The molecule has 0 amide bonds. The fraction of sp³-hybridized carbons (Fsp3) is 0.625. The Labute approximate surface area is 111 Å². The second-order valence-electron chi connectivity index (χ2n) is 5.57. The molecule has 2 nitrogen and oxygen atoms in total. The predicted molar refractivity (Wildman–Crippen MR) is 76.0 cm³/mol. The number of fused-ring (bicyclic) bond motifs is 1. The van der Waals surface area contributed by atoms with Crippen LogP contribution in [0.2, 0.25) is 0 Å². The normalized spacial score (nSPS) is 21.2. The van der Waals surface area contributed by atoms with Crippen molar-refractivity contribution in [3.05, 3.63) is 29.8 Å². The lowest BCUT2D eigenvalue weighted by atomic mass is 9.80. The molecule has 0 radical (unpaired) electrons. The highest BCUT2D eigenvalue weighted by atomic mass is 16.5. The molecule has 0 fully saturated rings. The van der Waals surface area contributed by atoms with Gasteiger partial charge in [-0.2, -0.15) is 0 Å². The average Bonchev–Trinajstić information content (AvgIpc) is 2.80. The van der Waals surface area contributed by atoms with Crippen molar-refractivity contribution >= 4 is 0 Å². The summed E-state index contributed by atoms with van der Waals surface area (Å²) in [6.45, 7) is 5.23. The van der Waals surface area contributed by atoms with Gasteiger partial charge in [-0.25, -0.2) is 0 Å². The van der Waals surface area contributed by atoms with Gasteiger partial charge < -0.3 is 10.5 Å². The van der Waals surface area contributed by atoms with Crippen LogP contribution in [-0.2, 0) is 0 Å². The molecule has 1 aromatic rings. The van der Waals surface area contributed by atoms with Crippen molar-refractivity contribution < 1.29 is 4.74 Å². The quantitative estimate of drug-likeness (QED) is 0.828. The van der Waals surface area contributed by atoms with Crippen molar-refractivity contribution in [2.45, 2.75) is 57.4 Å². The van der Waals surface area contributed by atoms with Gasteiger partial charge in [0.05, 0.1) is 6.61 Å². The van der Waals surface area contributed by atoms with E-state index in [0.29, 0.717) is 5.92 Å². The smallest absolute Gasteiger partial charge is 0.122 e. The van der Waals surface area contributed by atoms with Gasteiger partial charge in [-0.15, -0.1) is 0 Å². The standard InChI is InChI=1S/C16H25NO/c1-3-5-10-16(17,4-2)11-13-12-18-15-9-7-6-8-14(13)15/h6-9,13H,3-5,10-12,17H2,1-2H3. The summed E-state index contributed by atoms with van der Waals surface area (Å²) in [7, 11) is 0. The van der Waals surface area contributed by atoms with Crippen LogP contribution >= 0.6 is 0 Å². The second kappa shape index (κ2) is 5.75. The fourth-order valence-corrected chi connectivity index (χ4v) is 2.84. The van der Waals surface area contributed by atoms with E-state index in [1.54, 1.807) is 0 Å². The van der Waals surface area contributed by atoms with Crippen LogP contribution in [0.5, 0.6) is 5.75 Å². The Balaban J connectivity index is 2.05. The highest BCUT2D eigenvalue weighted by Crippen LogP contribution is 2.39. The van der Waals surface area contributed by atoms with Crippen molar-refractivity contribution in [2.75, 3.05) is 6.61 Å². The number of benzene rings is 1. The molecule has 18 heavy (non-hydrogen) atoms. The number of rotatable bonds is 6. The van der Waals surface area contributed by atoms with Crippen molar-refractivity contribution in [3.8, 4) is 5.75 Å². The molecule has 100 valence electrons. The molecular formula is C16H25NO. The molecule has 1 aliphatic heterocycles. The van der Waals surface area contributed by atoms with Crippen molar-refractivity contribution in [3.63, 3.8) is 0 Å². The van der Waals surface area contributed by atoms with Gasteiger partial charge in [0.25, 0.3) is 0 Å². The van der Waals surface area contributed by atoms with Gasteiger partial charge >= 0.3 is 0 Å². The number of hydrogen-bond donors (Lipinski definition) is 1. The van der Waals surface area contributed by atoms with Gasteiger partial charge in [-0.1, -0.05) is 44.9 Å². The lowest BCUT2D eigenvalue weighted by Crippen LogP contribution is -2.40. The SMILES string of the molecule is CCCCC(N)(CC)CC1COc2ccccc21. The first-order valence-corrected chi connectivity index (χ1v) is 7.19. The van der Waals surface area contributed by atoms with E-state index in [9.17, 15) is 0 Å². The van der Waals surface area contributed by atoms with E-state index in [1.165, 1.54) is 18.4 Å². The molecule has 1 heterocycles. The zero-order valence-electron chi connectivity index (χ0n) is 11.6. The first-order valence-electron chi connectivity index (χ1n) is 7.19. The fourth-order valence-electron chi connectivity index (χ4n) is 2.84. The highest BCUT2D eigenvalue weighted by Gasteiger charge is 2.32. The molecule has 2 unspecified atom stereocenters. The third-order valence-electron chi connectivity index (χ3n) is 4.18. The van der Waals surface area contributed by atoms with E-state index < -0.39 is 0 Å². The number of ether oxygens (including phenoxy) is 1. The summed E-state index contributed by atoms with van der Waals surface area (Å²) in [6, 6.07) is 8.37. The Bertz CT molecular complexity index is 390. The van der Waals surface area contributed by atoms with E-state index in [-0.39, 0.29) is 5.54 Å². The van der Waals surface area contributed by atoms with Crippen molar-refractivity contribution in [1.82, 2.24) is 0 Å². The Morgan fingerprint density at radius 1 is 1.33 bits per heavy atom. The minimum Gasteiger partial charge on any atom is -0.493 e. The van der Waals surface area contributed by atoms with Crippen LogP contribution in [0.3, 0.4) is 0 Å². The highest BCUT2D eigenvalue weighted by molar-refractivity contribution is 5.39. The molecule has 2 N–H and O–H groups in total. The van der Waals surface area contributed by atoms with Gasteiger partial charge in [-0.3, -0.25) is 0 Å². The van der Waals surface area contributed by atoms with E-state index >= 15 is 0 Å². The molecule has 2 rings (SSSR count). The third kappa shape index (κ3) is 2.86. The Hall–Kier alpha value is -1.02. The summed E-state index contributed by atoms with van der Waals surface area (Å²) in [6.07, 6.45) is 5.65. The summed E-state index contributed by atoms with van der Waals surface area (Å²) >= 11 is 0. The monoisotopic (exact) mass is 247 g/mol. The lowest BCUT2D eigenvalue weighted by molar-refractivity contribution is 0.270. The Kier molecular flexibility index (Phi) is 4.28. The van der Waals surface area contributed by atoms with Gasteiger partial charge in [0, 0.05) is 17.0 Å². The van der Waals surface area contributed by atoms with Gasteiger partial charge in [0.2, 0.25) is 0 Å². The largest absolute Gasteiger partial charge is 0.493 e. The summed E-state index contributed by atoms with van der Waals surface area (Å²) in [4.78, 5) is 0. The van der Waals surface area contributed by atoms with E-state index in [4.69, 9.17) is 10.5 Å². The maximum atomic E-state index is 6.56. The maximum absolute atomic E-state index is 6.56. The molecule has 0 bridgehead atoms. The van der Waals surface area contributed by atoms with E-state index in [1.807, 2.05) is 6.07 Å². The molecule has 2 heteroatoms. The maximum Gasteiger partial charge on any atom is 0.122 e. The molecule has 0 saturated carbocycles. The average molecular weight is 247 g/mol. The Morgan fingerprint density at radius 2 is 2.11 bits per heavy atom. The molecule has 2 atom stereocenters. The van der Waals surface area contributed by atoms with Gasteiger partial charge in [0.15, 0.2) is 0 Å².